The van der Waals surface area contributed by atoms with Gasteiger partial charge in [-0.1, -0.05) is 24.3 Å². The van der Waals surface area contributed by atoms with Gasteiger partial charge in [-0.3, -0.25) is 4.72 Å². The summed E-state index contributed by atoms with van der Waals surface area (Å²) in [5.41, 5.74) is 4.70. The molecule has 3 aromatic rings. The molecule has 0 bridgehead atoms. The van der Waals surface area contributed by atoms with E-state index in [1.807, 2.05) is 6.07 Å². The van der Waals surface area contributed by atoms with Gasteiger partial charge < -0.3 is 5.73 Å². The van der Waals surface area contributed by atoms with Crippen LogP contribution in [-0.4, -0.2) is 18.2 Å². The van der Waals surface area contributed by atoms with Crippen LogP contribution in [0.2, 0.25) is 0 Å². The molecule has 0 amide bonds. The third-order valence-corrected chi connectivity index (χ3v) is 5.21. The summed E-state index contributed by atoms with van der Waals surface area (Å²) in [5, 5.41) is 12.9. The maximum absolute atomic E-state index is 13.2. The predicted octanol–water partition coefficient (Wildman–Crippen LogP) is 3.15. The molecular formula is C17H12F3N5O2S. The van der Waals surface area contributed by atoms with Crippen LogP contribution in [0.15, 0.2) is 59.6 Å². The number of rotatable bonds is 4. The fourth-order valence-electron chi connectivity index (χ4n) is 2.52. The van der Waals surface area contributed by atoms with Crippen molar-refractivity contribution in [2.45, 2.75) is 11.1 Å². The number of aromatic nitrogens is 2. The number of nitrogens with zero attached hydrogens (tertiary/aromatic N) is 3. The Labute approximate surface area is 157 Å². The Morgan fingerprint density at radius 3 is 2.39 bits per heavy atom. The van der Waals surface area contributed by atoms with Crippen LogP contribution in [0.3, 0.4) is 0 Å². The van der Waals surface area contributed by atoms with Crippen LogP contribution >= 0.6 is 0 Å². The molecule has 0 aliphatic rings. The Hall–Kier alpha value is -3.52. The van der Waals surface area contributed by atoms with Crippen molar-refractivity contribution in [3.8, 4) is 11.8 Å². The Balaban J connectivity index is 2.09. The molecule has 0 aliphatic heterocycles. The fraction of sp³-hybridized carbons (Fsp3) is 0.0588. The number of alkyl halides is 3. The third-order valence-electron chi connectivity index (χ3n) is 3.79. The Morgan fingerprint density at radius 1 is 1.11 bits per heavy atom. The normalized spacial score (nSPS) is 11.8. The van der Waals surface area contributed by atoms with Gasteiger partial charge in [0.1, 0.15) is 17.5 Å². The van der Waals surface area contributed by atoms with Crippen LogP contribution < -0.4 is 10.5 Å². The monoisotopic (exact) mass is 407 g/mol. The number of anilines is 2. The minimum atomic E-state index is -4.85. The molecule has 0 spiro atoms. The highest BCUT2D eigenvalue weighted by atomic mass is 32.2. The van der Waals surface area contributed by atoms with Gasteiger partial charge in [0.2, 0.25) is 0 Å². The summed E-state index contributed by atoms with van der Waals surface area (Å²) in [6.07, 6.45) is -3.65. The molecule has 7 nitrogen and oxygen atoms in total. The van der Waals surface area contributed by atoms with Gasteiger partial charge >= 0.3 is 6.18 Å². The smallest absolute Gasteiger partial charge is 0.382 e. The van der Waals surface area contributed by atoms with Gasteiger partial charge in [-0.15, -0.1) is 0 Å². The quantitative estimate of drug-likeness (QED) is 0.690. The summed E-state index contributed by atoms with van der Waals surface area (Å²) in [4.78, 5) is -0.913. The average Bonchev–Trinajstić information content (AvgIpc) is 3.01. The molecule has 28 heavy (non-hydrogen) atoms. The molecule has 0 radical (unpaired) electrons. The second-order valence-electron chi connectivity index (χ2n) is 5.58. The van der Waals surface area contributed by atoms with Crippen LogP contribution in [-0.2, 0) is 16.2 Å². The molecule has 2 aromatic carbocycles. The molecule has 0 atom stereocenters. The van der Waals surface area contributed by atoms with Gasteiger partial charge in [0, 0.05) is 0 Å². The molecule has 0 aliphatic carbocycles. The van der Waals surface area contributed by atoms with E-state index in [2.05, 4.69) is 9.82 Å². The lowest BCUT2D eigenvalue weighted by Gasteiger charge is -2.16. The predicted molar refractivity (Wildman–Crippen MR) is 94.9 cm³/mol. The molecule has 0 saturated heterocycles. The van der Waals surface area contributed by atoms with Crippen molar-refractivity contribution in [2.24, 2.45) is 0 Å². The summed E-state index contributed by atoms with van der Waals surface area (Å²) >= 11 is 0. The number of nitriles is 1. The number of sulfonamides is 1. The zero-order valence-corrected chi connectivity index (χ0v) is 14.8. The molecule has 11 heteroatoms. The van der Waals surface area contributed by atoms with Gasteiger partial charge in [-0.2, -0.15) is 23.5 Å². The van der Waals surface area contributed by atoms with Gasteiger partial charge in [-0.25, -0.2) is 13.1 Å². The second-order valence-corrected chi connectivity index (χ2v) is 7.23. The van der Waals surface area contributed by atoms with E-state index in [1.54, 1.807) is 6.07 Å². The molecule has 3 rings (SSSR count). The standard InChI is InChI=1S/C17H12F3N5O2S/c18-17(19,20)12-5-1-4-8-15(12)28(26,27)24-13-6-2-3-7-14(13)25-16(22)11(9-21)10-23-25/h1-8,10,24H,22H2. The number of nitrogen functional groups attached to an aromatic ring is 1. The molecule has 1 heterocycles. The van der Waals surface area contributed by atoms with E-state index in [0.29, 0.717) is 6.07 Å². The van der Waals surface area contributed by atoms with E-state index in [-0.39, 0.29) is 22.8 Å². The first kappa shape index (κ1) is 19.2. The summed E-state index contributed by atoms with van der Waals surface area (Å²) in [6, 6.07) is 11.5. The lowest BCUT2D eigenvalue weighted by molar-refractivity contribution is -0.139. The van der Waals surface area contributed by atoms with Crippen molar-refractivity contribution in [1.29, 1.82) is 5.26 Å². The second kappa shape index (κ2) is 6.90. The van der Waals surface area contributed by atoms with Crippen molar-refractivity contribution in [3.05, 3.63) is 65.9 Å². The molecule has 0 fully saturated rings. The Morgan fingerprint density at radius 2 is 1.75 bits per heavy atom. The van der Waals surface area contributed by atoms with E-state index in [0.717, 1.165) is 16.8 Å². The van der Waals surface area contributed by atoms with Crippen LogP contribution in [0.1, 0.15) is 11.1 Å². The fourth-order valence-corrected chi connectivity index (χ4v) is 3.82. The molecule has 0 saturated carbocycles. The third kappa shape index (κ3) is 3.49. The first-order chi connectivity index (χ1) is 13.1. The van der Waals surface area contributed by atoms with Crippen LogP contribution in [0.25, 0.3) is 5.69 Å². The highest BCUT2D eigenvalue weighted by Crippen LogP contribution is 2.35. The number of nitrogens with two attached hydrogens (primary N) is 1. The number of benzene rings is 2. The average molecular weight is 407 g/mol. The number of hydrogen-bond donors (Lipinski definition) is 2. The first-order valence-corrected chi connectivity index (χ1v) is 9.15. The SMILES string of the molecule is N#Cc1cnn(-c2ccccc2NS(=O)(=O)c2ccccc2C(F)(F)F)c1N. The number of para-hydroxylation sites is 2. The Bertz CT molecular complexity index is 1180. The van der Waals surface area contributed by atoms with Crippen molar-refractivity contribution in [3.63, 3.8) is 0 Å². The van der Waals surface area contributed by atoms with Crippen LogP contribution in [0.4, 0.5) is 24.7 Å². The largest absolute Gasteiger partial charge is 0.417 e. The summed E-state index contributed by atoms with van der Waals surface area (Å²) in [6.45, 7) is 0. The molecular weight excluding hydrogens is 395 g/mol. The van der Waals surface area contributed by atoms with E-state index in [1.165, 1.54) is 30.5 Å². The lowest BCUT2D eigenvalue weighted by atomic mass is 10.2. The van der Waals surface area contributed by atoms with Crippen molar-refractivity contribution >= 4 is 21.5 Å². The van der Waals surface area contributed by atoms with Crippen molar-refractivity contribution < 1.29 is 21.6 Å². The van der Waals surface area contributed by atoms with E-state index < -0.39 is 26.7 Å². The molecule has 3 N–H and O–H groups in total. The maximum Gasteiger partial charge on any atom is 0.417 e. The van der Waals surface area contributed by atoms with Gasteiger partial charge in [-0.05, 0) is 24.3 Å². The summed E-state index contributed by atoms with van der Waals surface area (Å²) in [5.74, 6) is -0.0372. The highest BCUT2D eigenvalue weighted by molar-refractivity contribution is 7.92. The maximum atomic E-state index is 13.2. The number of halogens is 3. The van der Waals surface area contributed by atoms with Gasteiger partial charge in [0.05, 0.1) is 28.0 Å². The van der Waals surface area contributed by atoms with Crippen LogP contribution in [0.5, 0.6) is 0 Å². The number of hydrogen-bond acceptors (Lipinski definition) is 5. The highest BCUT2D eigenvalue weighted by Gasteiger charge is 2.37. The molecule has 1 aromatic heterocycles. The Kier molecular flexibility index (Phi) is 4.74. The van der Waals surface area contributed by atoms with Gasteiger partial charge in [0.15, 0.2) is 0 Å². The zero-order chi connectivity index (χ0) is 20.5. The van der Waals surface area contributed by atoms with E-state index >= 15 is 0 Å². The van der Waals surface area contributed by atoms with E-state index in [4.69, 9.17) is 11.0 Å². The minimum Gasteiger partial charge on any atom is -0.382 e. The minimum absolute atomic E-state index is 0.0372. The first-order valence-electron chi connectivity index (χ1n) is 7.67. The van der Waals surface area contributed by atoms with Gasteiger partial charge in [0.25, 0.3) is 10.0 Å². The molecule has 0 unspecified atom stereocenters. The summed E-state index contributed by atoms with van der Waals surface area (Å²) in [7, 11) is -4.59. The van der Waals surface area contributed by atoms with Crippen LogP contribution in [0, 0.1) is 11.3 Å². The topological polar surface area (TPSA) is 114 Å². The zero-order valence-electron chi connectivity index (χ0n) is 14.0. The lowest BCUT2D eigenvalue weighted by Crippen LogP contribution is -2.20. The summed E-state index contributed by atoms with van der Waals surface area (Å²) < 4.78 is 68.2. The van der Waals surface area contributed by atoms with E-state index in [9.17, 15) is 21.6 Å². The number of nitrogens with one attached hydrogen (secondary N) is 1. The van der Waals surface area contributed by atoms with Crippen molar-refractivity contribution in [1.82, 2.24) is 9.78 Å². The molecule has 144 valence electrons. The van der Waals surface area contributed by atoms with Crippen molar-refractivity contribution in [2.75, 3.05) is 10.5 Å².